The predicted octanol–water partition coefficient (Wildman–Crippen LogP) is 1.22. The number of rotatable bonds is 0. The van der Waals surface area contributed by atoms with Crippen molar-refractivity contribution in [2.45, 2.75) is 13.8 Å². The Balaban J connectivity index is 3.29. The molecule has 50 valence electrons. The number of sulfone groups is 1. The molecule has 0 amide bonds. The van der Waals surface area contributed by atoms with Crippen molar-refractivity contribution in [2.75, 3.05) is 0 Å². The highest BCUT2D eigenvalue weighted by Crippen LogP contribution is 2.22. The van der Waals surface area contributed by atoms with Crippen LogP contribution in [0, 0.1) is 0 Å². The van der Waals surface area contributed by atoms with Gasteiger partial charge in [-0.25, -0.2) is 8.42 Å². The van der Waals surface area contributed by atoms with Crippen molar-refractivity contribution < 1.29 is 8.42 Å². The second kappa shape index (κ2) is 1.70. The first-order valence-electron chi connectivity index (χ1n) is 2.65. The third-order valence-corrected chi connectivity index (χ3v) is 3.37. The molecule has 0 fully saturated rings. The van der Waals surface area contributed by atoms with E-state index >= 15 is 0 Å². The van der Waals surface area contributed by atoms with Crippen LogP contribution in [0.15, 0.2) is 22.0 Å². The van der Waals surface area contributed by atoms with Crippen LogP contribution in [0.5, 0.6) is 0 Å². The normalized spacial score (nSPS) is 23.3. The number of hydrogen-bond donors (Lipinski definition) is 0. The van der Waals surface area contributed by atoms with Crippen molar-refractivity contribution in [1.29, 1.82) is 0 Å². The van der Waals surface area contributed by atoms with E-state index in [0.717, 1.165) is 0 Å². The molecule has 1 rings (SSSR count). The van der Waals surface area contributed by atoms with Crippen molar-refractivity contribution in [1.82, 2.24) is 0 Å². The smallest absolute Gasteiger partial charge is 0.198 e. The molecule has 1 heterocycles. The van der Waals surface area contributed by atoms with Crippen LogP contribution < -0.4 is 0 Å². The van der Waals surface area contributed by atoms with Crippen LogP contribution in [0.1, 0.15) is 13.8 Å². The average molecular weight is 144 g/mol. The minimum atomic E-state index is -2.98. The van der Waals surface area contributed by atoms with Crippen LogP contribution in [0.25, 0.3) is 0 Å². The van der Waals surface area contributed by atoms with Crippen LogP contribution >= 0.6 is 0 Å². The summed E-state index contributed by atoms with van der Waals surface area (Å²) in [7, 11) is -2.98. The fourth-order valence-electron chi connectivity index (χ4n) is 0.668. The van der Waals surface area contributed by atoms with Crippen molar-refractivity contribution >= 4 is 9.84 Å². The zero-order valence-corrected chi connectivity index (χ0v) is 6.20. The van der Waals surface area contributed by atoms with Crippen LogP contribution in [-0.4, -0.2) is 8.42 Å². The van der Waals surface area contributed by atoms with Gasteiger partial charge in [-0.15, -0.1) is 0 Å². The molecule has 0 radical (unpaired) electrons. The molecule has 9 heavy (non-hydrogen) atoms. The summed E-state index contributed by atoms with van der Waals surface area (Å²) in [5.41, 5.74) is 0. The first kappa shape index (κ1) is 6.55. The first-order chi connectivity index (χ1) is 4.05. The summed E-state index contributed by atoms with van der Waals surface area (Å²) in [6.45, 7) is 3.20. The maximum Gasteiger partial charge on any atom is 0.198 e. The first-order valence-corrected chi connectivity index (χ1v) is 4.14. The Morgan fingerprint density at radius 1 is 1.11 bits per heavy atom. The third-order valence-electron chi connectivity index (χ3n) is 1.40. The summed E-state index contributed by atoms with van der Waals surface area (Å²) in [6.07, 6.45) is 3.23. The van der Waals surface area contributed by atoms with Gasteiger partial charge in [-0.1, -0.05) is 0 Å². The monoisotopic (exact) mass is 144 g/mol. The molecule has 0 bridgehead atoms. The lowest BCUT2D eigenvalue weighted by molar-refractivity contribution is 0.608. The van der Waals surface area contributed by atoms with Crippen molar-refractivity contribution in [3.63, 3.8) is 0 Å². The molecular weight excluding hydrogens is 136 g/mol. The summed E-state index contributed by atoms with van der Waals surface area (Å²) < 4.78 is 21.9. The van der Waals surface area contributed by atoms with Gasteiger partial charge in [0.05, 0.1) is 0 Å². The summed E-state index contributed by atoms with van der Waals surface area (Å²) in [5.74, 6) is 0. The van der Waals surface area contributed by atoms with E-state index in [2.05, 4.69) is 0 Å². The fourth-order valence-corrected chi connectivity index (χ4v) is 1.67. The van der Waals surface area contributed by atoms with Gasteiger partial charge in [-0.05, 0) is 26.0 Å². The molecule has 2 nitrogen and oxygen atoms in total. The maximum absolute atomic E-state index is 11.0. The van der Waals surface area contributed by atoms with Gasteiger partial charge in [0.1, 0.15) is 0 Å². The zero-order valence-electron chi connectivity index (χ0n) is 5.38. The summed E-state index contributed by atoms with van der Waals surface area (Å²) in [5, 5.41) is 0. The highest BCUT2D eigenvalue weighted by Gasteiger charge is 2.19. The molecule has 1 aliphatic rings. The molecule has 0 aromatic heterocycles. The van der Waals surface area contributed by atoms with Gasteiger partial charge in [0, 0.05) is 9.81 Å². The van der Waals surface area contributed by atoms with Crippen molar-refractivity contribution in [3.05, 3.63) is 22.0 Å². The van der Waals surface area contributed by atoms with E-state index in [4.69, 9.17) is 0 Å². The molecular formula is C6H8O2S. The molecule has 1 aliphatic heterocycles. The average Bonchev–Trinajstić information content (AvgIpc) is 1.96. The molecule has 0 N–H and O–H groups in total. The van der Waals surface area contributed by atoms with E-state index in [9.17, 15) is 8.42 Å². The number of allylic oxidation sites excluding steroid dienone is 4. The Labute approximate surface area is 54.8 Å². The largest absolute Gasteiger partial charge is 0.219 e. The second-order valence-electron chi connectivity index (χ2n) is 2.06. The van der Waals surface area contributed by atoms with E-state index < -0.39 is 9.84 Å². The van der Waals surface area contributed by atoms with Crippen LogP contribution in [0.4, 0.5) is 0 Å². The van der Waals surface area contributed by atoms with Gasteiger partial charge < -0.3 is 0 Å². The molecule has 0 aromatic rings. The van der Waals surface area contributed by atoms with E-state index in [0.29, 0.717) is 9.81 Å². The Morgan fingerprint density at radius 3 is 1.56 bits per heavy atom. The van der Waals surface area contributed by atoms with Crippen LogP contribution in [0.2, 0.25) is 0 Å². The summed E-state index contributed by atoms with van der Waals surface area (Å²) in [4.78, 5) is 0.889. The van der Waals surface area contributed by atoms with Crippen LogP contribution in [-0.2, 0) is 9.84 Å². The SMILES string of the molecule is CC1=CC=C(C)S1(=O)=O. The van der Waals surface area contributed by atoms with Gasteiger partial charge in [0.2, 0.25) is 0 Å². The Hall–Kier alpha value is -0.570. The third kappa shape index (κ3) is 0.812. The molecule has 0 atom stereocenters. The lowest BCUT2D eigenvalue weighted by atomic mass is 10.5. The van der Waals surface area contributed by atoms with Gasteiger partial charge >= 0.3 is 0 Å². The van der Waals surface area contributed by atoms with E-state index in [1.807, 2.05) is 0 Å². The molecule has 0 saturated heterocycles. The maximum atomic E-state index is 11.0. The summed E-state index contributed by atoms with van der Waals surface area (Å²) >= 11 is 0. The zero-order chi connectivity index (χ0) is 7.07. The number of hydrogen-bond acceptors (Lipinski definition) is 2. The topological polar surface area (TPSA) is 34.1 Å². The standard InChI is InChI=1S/C6H8O2S/c1-5-3-4-6(2)9(5,7)8/h3-4H,1-2H3. The predicted molar refractivity (Wildman–Crippen MR) is 36.4 cm³/mol. The van der Waals surface area contributed by atoms with Gasteiger partial charge in [-0.2, -0.15) is 0 Å². The highest BCUT2D eigenvalue weighted by atomic mass is 32.2. The Bertz CT molecular complexity index is 256. The Morgan fingerprint density at radius 2 is 1.44 bits per heavy atom. The highest BCUT2D eigenvalue weighted by molar-refractivity contribution is 7.99. The molecule has 0 unspecified atom stereocenters. The lowest BCUT2D eigenvalue weighted by Crippen LogP contribution is -1.96. The molecule has 0 saturated carbocycles. The van der Waals surface area contributed by atoms with E-state index in [-0.39, 0.29) is 0 Å². The molecule has 0 aliphatic carbocycles. The van der Waals surface area contributed by atoms with Crippen molar-refractivity contribution in [3.8, 4) is 0 Å². The van der Waals surface area contributed by atoms with E-state index in [1.165, 1.54) is 0 Å². The quantitative estimate of drug-likeness (QED) is 0.512. The minimum absolute atomic E-state index is 0.444. The van der Waals surface area contributed by atoms with Gasteiger partial charge in [0.25, 0.3) is 0 Å². The minimum Gasteiger partial charge on any atom is -0.219 e. The van der Waals surface area contributed by atoms with Gasteiger partial charge in [0.15, 0.2) is 9.84 Å². The second-order valence-corrected chi connectivity index (χ2v) is 4.35. The van der Waals surface area contributed by atoms with Gasteiger partial charge in [-0.3, -0.25) is 0 Å². The van der Waals surface area contributed by atoms with Crippen LogP contribution in [0.3, 0.4) is 0 Å². The molecule has 0 spiro atoms. The van der Waals surface area contributed by atoms with E-state index in [1.54, 1.807) is 26.0 Å². The Kier molecular flexibility index (Phi) is 1.24. The summed E-state index contributed by atoms with van der Waals surface area (Å²) in [6, 6.07) is 0. The van der Waals surface area contributed by atoms with Crippen molar-refractivity contribution in [2.24, 2.45) is 0 Å². The molecule has 0 aromatic carbocycles. The lowest BCUT2D eigenvalue weighted by Gasteiger charge is -1.94. The molecule has 3 heteroatoms. The fraction of sp³-hybridized carbons (Fsp3) is 0.333.